The second kappa shape index (κ2) is 10.8. The van der Waals surface area contributed by atoms with E-state index in [-0.39, 0.29) is 23.9 Å². The van der Waals surface area contributed by atoms with Crippen LogP contribution in [-0.4, -0.2) is 41.0 Å². The predicted molar refractivity (Wildman–Crippen MR) is 98.6 cm³/mol. The van der Waals surface area contributed by atoms with E-state index >= 15 is 0 Å². The summed E-state index contributed by atoms with van der Waals surface area (Å²) in [6.45, 7) is 10.4. The number of carboxylic acid groups (broad SMARTS) is 1. The molecule has 0 amide bonds. The van der Waals surface area contributed by atoms with E-state index in [0.717, 1.165) is 38.8 Å². The van der Waals surface area contributed by atoms with E-state index in [0.29, 0.717) is 11.5 Å². The molecule has 0 rings (SSSR count). The maximum Gasteiger partial charge on any atom is 0.303 e. The summed E-state index contributed by atoms with van der Waals surface area (Å²) in [5.41, 5.74) is 0.192. The molecule has 0 unspecified atom stereocenters. The molecule has 0 bridgehead atoms. The Labute approximate surface area is 146 Å². The quantitative estimate of drug-likeness (QED) is 0.407. The van der Waals surface area contributed by atoms with Crippen molar-refractivity contribution in [2.24, 2.45) is 10.8 Å². The molecule has 0 atom stereocenters. The molecule has 0 aromatic rings. The van der Waals surface area contributed by atoms with Gasteiger partial charge in [0.1, 0.15) is 0 Å². The molecule has 0 fully saturated rings. The van der Waals surface area contributed by atoms with E-state index in [1.165, 1.54) is 0 Å². The van der Waals surface area contributed by atoms with Crippen LogP contribution < -0.4 is 10.6 Å². The van der Waals surface area contributed by atoms with Crippen molar-refractivity contribution < 1.29 is 15.0 Å². The van der Waals surface area contributed by atoms with Gasteiger partial charge in [0.25, 0.3) is 0 Å². The van der Waals surface area contributed by atoms with Gasteiger partial charge in [-0.2, -0.15) is 0 Å². The van der Waals surface area contributed by atoms with Crippen LogP contribution in [-0.2, 0) is 4.79 Å². The summed E-state index contributed by atoms with van der Waals surface area (Å²) in [5.74, 6) is -0.743. The van der Waals surface area contributed by atoms with Crippen molar-refractivity contribution in [3.63, 3.8) is 0 Å². The zero-order valence-corrected chi connectivity index (χ0v) is 15.9. The van der Waals surface area contributed by atoms with Crippen LogP contribution >= 0.6 is 12.2 Å². The van der Waals surface area contributed by atoms with E-state index in [2.05, 4.69) is 38.3 Å². The summed E-state index contributed by atoms with van der Waals surface area (Å²) in [6, 6.07) is 0. The van der Waals surface area contributed by atoms with Crippen LogP contribution in [0.3, 0.4) is 0 Å². The van der Waals surface area contributed by atoms with Crippen molar-refractivity contribution in [2.75, 3.05) is 19.7 Å². The number of carbonyl (C=O) groups is 1. The molecule has 0 radical (unpaired) electrons. The normalized spacial score (nSPS) is 12.0. The van der Waals surface area contributed by atoms with Crippen molar-refractivity contribution in [1.29, 1.82) is 0 Å². The monoisotopic (exact) mass is 346 g/mol. The Morgan fingerprint density at radius 3 is 1.87 bits per heavy atom. The Morgan fingerprint density at radius 2 is 1.43 bits per heavy atom. The summed E-state index contributed by atoms with van der Waals surface area (Å²) in [4.78, 5) is 10.6. The lowest BCUT2D eigenvalue weighted by molar-refractivity contribution is -0.137. The lowest BCUT2D eigenvalue weighted by atomic mass is 9.84. The standard InChI is InChI=1S/C17H34N2O3S/c1-16(2,7-5-13-20)9-11-18-15(23)19-12-10-17(3,4)8-6-14(21)22/h20H,5-13H2,1-4H3,(H,21,22)(H2,18,19,23). The van der Waals surface area contributed by atoms with E-state index in [9.17, 15) is 4.79 Å². The average Bonchev–Trinajstić information content (AvgIpc) is 2.43. The van der Waals surface area contributed by atoms with Crippen molar-refractivity contribution in [2.45, 2.75) is 66.2 Å². The van der Waals surface area contributed by atoms with Crippen molar-refractivity contribution in [3.05, 3.63) is 0 Å². The number of rotatable bonds is 12. The number of aliphatic carboxylic acids is 1. The lowest BCUT2D eigenvalue weighted by Crippen LogP contribution is -2.38. The first-order chi connectivity index (χ1) is 10.6. The molecule has 5 nitrogen and oxygen atoms in total. The highest BCUT2D eigenvalue weighted by atomic mass is 32.1. The molecule has 0 spiro atoms. The molecule has 0 saturated heterocycles. The third-order valence-electron chi connectivity index (χ3n) is 4.20. The zero-order chi connectivity index (χ0) is 17.9. The van der Waals surface area contributed by atoms with Crippen LogP contribution in [0.1, 0.15) is 66.2 Å². The molecule has 0 aliphatic heterocycles. The fourth-order valence-corrected chi connectivity index (χ4v) is 2.55. The van der Waals surface area contributed by atoms with Gasteiger partial charge < -0.3 is 20.8 Å². The molecule has 0 aliphatic rings. The van der Waals surface area contributed by atoms with Crippen LogP contribution in [0, 0.1) is 10.8 Å². The molecule has 0 saturated carbocycles. The summed E-state index contributed by atoms with van der Waals surface area (Å²) in [7, 11) is 0. The fraction of sp³-hybridized carbons (Fsp3) is 0.882. The first-order valence-corrected chi connectivity index (χ1v) is 8.83. The predicted octanol–water partition coefficient (Wildman–Crippen LogP) is 2.92. The Kier molecular flexibility index (Phi) is 10.4. The van der Waals surface area contributed by atoms with Crippen LogP contribution in [0.25, 0.3) is 0 Å². The molecule has 6 heteroatoms. The Hall–Kier alpha value is -0.880. The number of hydrogen-bond acceptors (Lipinski definition) is 3. The number of hydrogen-bond donors (Lipinski definition) is 4. The van der Waals surface area contributed by atoms with Gasteiger partial charge in [-0.25, -0.2) is 0 Å². The molecular formula is C17H34N2O3S. The SMILES string of the molecule is CC(C)(CCCO)CCNC(=S)NCCC(C)(C)CCC(=O)O. The van der Waals surface area contributed by atoms with E-state index in [1.54, 1.807) is 0 Å². The molecule has 0 heterocycles. The molecular weight excluding hydrogens is 312 g/mol. The van der Waals surface area contributed by atoms with Crippen LogP contribution in [0.15, 0.2) is 0 Å². The topological polar surface area (TPSA) is 81.6 Å². The van der Waals surface area contributed by atoms with Gasteiger partial charge in [-0.15, -0.1) is 0 Å². The second-order valence-electron chi connectivity index (χ2n) is 7.73. The summed E-state index contributed by atoms with van der Waals surface area (Å²) < 4.78 is 0. The molecule has 0 aromatic carbocycles. The van der Waals surface area contributed by atoms with Crippen molar-refractivity contribution in [3.8, 4) is 0 Å². The summed E-state index contributed by atoms with van der Waals surface area (Å²) in [6.07, 6.45) is 4.59. The van der Waals surface area contributed by atoms with E-state index in [4.69, 9.17) is 22.4 Å². The minimum atomic E-state index is -0.743. The molecule has 23 heavy (non-hydrogen) atoms. The Bertz CT molecular complexity index is 371. The maximum absolute atomic E-state index is 10.6. The smallest absolute Gasteiger partial charge is 0.303 e. The van der Waals surface area contributed by atoms with Gasteiger partial charge in [0.2, 0.25) is 0 Å². The van der Waals surface area contributed by atoms with Crippen molar-refractivity contribution >= 4 is 23.3 Å². The number of aliphatic hydroxyl groups excluding tert-OH is 1. The Balaban J connectivity index is 3.84. The maximum atomic E-state index is 10.6. The highest BCUT2D eigenvalue weighted by Gasteiger charge is 2.19. The van der Waals surface area contributed by atoms with Crippen LogP contribution in [0.2, 0.25) is 0 Å². The first kappa shape index (κ1) is 22.1. The number of thiocarbonyl (C=S) groups is 1. The molecule has 0 aromatic heterocycles. The van der Waals surface area contributed by atoms with Gasteiger partial charge in [-0.05, 0) is 55.2 Å². The van der Waals surface area contributed by atoms with Gasteiger partial charge >= 0.3 is 5.97 Å². The van der Waals surface area contributed by atoms with Gasteiger partial charge in [0, 0.05) is 26.1 Å². The van der Waals surface area contributed by atoms with Gasteiger partial charge in [0.05, 0.1) is 0 Å². The average molecular weight is 347 g/mol. The largest absolute Gasteiger partial charge is 0.481 e. The lowest BCUT2D eigenvalue weighted by Gasteiger charge is -2.26. The number of carboxylic acids is 1. The van der Waals surface area contributed by atoms with Gasteiger partial charge in [-0.3, -0.25) is 4.79 Å². The molecule has 4 N–H and O–H groups in total. The molecule has 136 valence electrons. The van der Waals surface area contributed by atoms with E-state index < -0.39 is 5.97 Å². The minimum Gasteiger partial charge on any atom is -0.481 e. The summed E-state index contributed by atoms with van der Waals surface area (Å²) >= 11 is 5.27. The highest BCUT2D eigenvalue weighted by Crippen LogP contribution is 2.26. The van der Waals surface area contributed by atoms with Gasteiger partial charge in [-0.1, -0.05) is 27.7 Å². The van der Waals surface area contributed by atoms with Gasteiger partial charge in [0.15, 0.2) is 5.11 Å². The van der Waals surface area contributed by atoms with Crippen LogP contribution in [0.5, 0.6) is 0 Å². The Morgan fingerprint density at radius 1 is 0.957 bits per heavy atom. The minimum absolute atomic E-state index is 0.00666. The second-order valence-corrected chi connectivity index (χ2v) is 8.14. The third kappa shape index (κ3) is 13.3. The highest BCUT2D eigenvalue weighted by molar-refractivity contribution is 7.80. The number of nitrogens with one attached hydrogen (secondary N) is 2. The van der Waals surface area contributed by atoms with Crippen LogP contribution in [0.4, 0.5) is 0 Å². The summed E-state index contributed by atoms with van der Waals surface area (Å²) in [5, 5.41) is 24.7. The zero-order valence-electron chi connectivity index (χ0n) is 15.1. The number of aliphatic hydroxyl groups is 1. The van der Waals surface area contributed by atoms with E-state index in [1.807, 2.05) is 0 Å². The fourth-order valence-electron chi connectivity index (χ4n) is 2.34. The van der Waals surface area contributed by atoms with Crippen molar-refractivity contribution in [1.82, 2.24) is 10.6 Å². The third-order valence-corrected chi connectivity index (χ3v) is 4.49. The molecule has 0 aliphatic carbocycles. The first-order valence-electron chi connectivity index (χ1n) is 8.42.